The summed E-state index contributed by atoms with van der Waals surface area (Å²) in [5.74, 6) is -1.16. The number of cyclic esters (lactones) is 1. The molecule has 7 heteroatoms. The van der Waals surface area contributed by atoms with Gasteiger partial charge in [-0.1, -0.05) is 54.6 Å². The lowest BCUT2D eigenvalue weighted by Gasteiger charge is -2.16. The Hall–Kier alpha value is -4.13. The monoisotopic (exact) mass is 386 g/mol. The van der Waals surface area contributed by atoms with Crippen LogP contribution < -0.4 is 11.2 Å². The van der Waals surface area contributed by atoms with Crippen LogP contribution in [0.4, 0.5) is 0 Å². The Morgan fingerprint density at radius 1 is 0.897 bits per heavy atom. The molecule has 2 N–H and O–H groups in total. The molecule has 1 unspecified atom stereocenters. The minimum absolute atomic E-state index is 0.198. The van der Waals surface area contributed by atoms with Crippen LogP contribution in [0.3, 0.4) is 0 Å². The van der Waals surface area contributed by atoms with Crippen molar-refractivity contribution in [1.29, 1.82) is 0 Å². The van der Waals surface area contributed by atoms with E-state index in [9.17, 15) is 19.5 Å². The molecule has 142 valence electrons. The van der Waals surface area contributed by atoms with Crippen molar-refractivity contribution in [3.63, 3.8) is 0 Å². The van der Waals surface area contributed by atoms with Crippen LogP contribution in [0, 0.1) is 0 Å². The van der Waals surface area contributed by atoms with Crippen LogP contribution in [0.1, 0.15) is 27.6 Å². The molecule has 4 aromatic rings. The van der Waals surface area contributed by atoms with E-state index in [1.807, 2.05) is 30.3 Å². The molecular weight excluding hydrogens is 372 g/mol. The molecule has 0 saturated carbocycles. The molecule has 1 aliphatic rings. The fraction of sp³-hybridized carbons (Fsp3) is 0.0455. The summed E-state index contributed by atoms with van der Waals surface area (Å²) in [6, 6.07) is 19.3. The Bertz CT molecular complexity index is 1410. The lowest BCUT2D eigenvalue weighted by Crippen LogP contribution is -2.32. The number of H-pyrrole nitrogens is 1. The number of carbonyl (C=O) groups excluding carboxylic acids is 1. The second-order valence-electron chi connectivity index (χ2n) is 6.70. The first-order valence-corrected chi connectivity index (χ1v) is 8.92. The molecule has 0 aliphatic carbocycles. The summed E-state index contributed by atoms with van der Waals surface area (Å²) < 4.78 is 6.39. The molecular formula is C22H14N2O5. The number of aromatic amines is 1. The third-order valence-corrected chi connectivity index (χ3v) is 5.08. The molecule has 0 saturated heterocycles. The van der Waals surface area contributed by atoms with E-state index in [0.717, 1.165) is 9.95 Å². The van der Waals surface area contributed by atoms with Crippen LogP contribution >= 0.6 is 0 Å². The van der Waals surface area contributed by atoms with Crippen molar-refractivity contribution in [3.05, 3.63) is 104 Å². The lowest BCUT2D eigenvalue weighted by atomic mass is 10.0. The number of nitrogens with zero attached hydrogens (tertiary/aromatic N) is 1. The number of hydrogen-bond donors (Lipinski definition) is 2. The first-order chi connectivity index (χ1) is 14.1. The van der Waals surface area contributed by atoms with Crippen molar-refractivity contribution in [1.82, 2.24) is 9.55 Å². The first-order valence-electron chi connectivity index (χ1n) is 8.92. The maximum atomic E-state index is 12.6. The molecule has 3 aromatic carbocycles. The standard InChI is InChI=1S/C22H14N2O5/c25-19-17(18-14-9-3-4-10-15(14)21(27)29-18)20(26)24(22(28)23-19)16-11-5-7-12-6-1-2-8-13(12)16/h1-11,18,26H,(H,23,25,28). The zero-order valence-electron chi connectivity index (χ0n) is 15.0. The molecule has 2 heterocycles. The van der Waals surface area contributed by atoms with E-state index in [2.05, 4.69) is 4.98 Å². The van der Waals surface area contributed by atoms with Crippen LogP contribution in [0.25, 0.3) is 16.5 Å². The molecule has 1 atom stereocenters. The summed E-state index contributed by atoms with van der Waals surface area (Å²) in [5.41, 5.74) is -0.610. The highest BCUT2D eigenvalue weighted by Gasteiger charge is 2.36. The van der Waals surface area contributed by atoms with Gasteiger partial charge < -0.3 is 9.84 Å². The highest BCUT2D eigenvalue weighted by atomic mass is 16.5. The van der Waals surface area contributed by atoms with Crippen LogP contribution in [0.5, 0.6) is 5.88 Å². The second-order valence-corrected chi connectivity index (χ2v) is 6.70. The average Bonchev–Trinajstić information content (AvgIpc) is 3.04. The maximum absolute atomic E-state index is 12.6. The zero-order valence-corrected chi connectivity index (χ0v) is 15.0. The second kappa shape index (κ2) is 6.20. The van der Waals surface area contributed by atoms with Gasteiger partial charge in [0.25, 0.3) is 5.56 Å². The van der Waals surface area contributed by atoms with Gasteiger partial charge in [0, 0.05) is 10.9 Å². The van der Waals surface area contributed by atoms with Gasteiger partial charge in [-0.3, -0.25) is 9.78 Å². The SMILES string of the molecule is O=C1OC(c2c(O)n(-c3cccc4ccccc34)c(=O)[nH]c2=O)c2ccccc21. The van der Waals surface area contributed by atoms with Gasteiger partial charge in [-0.25, -0.2) is 14.2 Å². The number of aromatic nitrogens is 2. The zero-order chi connectivity index (χ0) is 20.1. The largest absolute Gasteiger partial charge is 0.494 e. The molecule has 1 aromatic heterocycles. The molecule has 0 radical (unpaired) electrons. The van der Waals surface area contributed by atoms with Crippen LogP contribution in [0.15, 0.2) is 76.3 Å². The average molecular weight is 386 g/mol. The quantitative estimate of drug-likeness (QED) is 0.516. The minimum Gasteiger partial charge on any atom is -0.494 e. The number of carbonyl (C=O) groups is 1. The van der Waals surface area contributed by atoms with Crippen LogP contribution in [0.2, 0.25) is 0 Å². The molecule has 1 aliphatic heterocycles. The summed E-state index contributed by atoms with van der Waals surface area (Å²) in [6.07, 6.45) is -1.11. The third kappa shape index (κ3) is 2.48. The Labute approximate surface area is 163 Å². The van der Waals surface area contributed by atoms with Gasteiger partial charge in [-0.05, 0) is 17.5 Å². The van der Waals surface area contributed by atoms with Crippen molar-refractivity contribution in [2.45, 2.75) is 6.10 Å². The van der Waals surface area contributed by atoms with Gasteiger partial charge in [0.05, 0.1) is 11.3 Å². The molecule has 0 bridgehead atoms. The molecule has 0 fully saturated rings. The van der Waals surface area contributed by atoms with Gasteiger partial charge in [-0.15, -0.1) is 0 Å². The van der Waals surface area contributed by atoms with E-state index >= 15 is 0 Å². The van der Waals surface area contributed by atoms with Crippen molar-refractivity contribution < 1.29 is 14.6 Å². The summed E-state index contributed by atoms with van der Waals surface area (Å²) in [5, 5.41) is 12.6. The number of nitrogens with one attached hydrogen (secondary N) is 1. The summed E-state index contributed by atoms with van der Waals surface area (Å²) in [4.78, 5) is 39.6. The minimum atomic E-state index is -1.11. The fourth-order valence-electron chi connectivity index (χ4n) is 3.76. The predicted molar refractivity (Wildman–Crippen MR) is 106 cm³/mol. The topological polar surface area (TPSA) is 101 Å². The van der Waals surface area contributed by atoms with Crippen molar-refractivity contribution >= 4 is 16.7 Å². The maximum Gasteiger partial charge on any atom is 0.339 e. The van der Waals surface area contributed by atoms with E-state index in [1.165, 1.54) is 0 Å². The van der Waals surface area contributed by atoms with Gasteiger partial charge in [-0.2, -0.15) is 0 Å². The summed E-state index contributed by atoms with van der Waals surface area (Å²) in [7, 11) is 0. The summed E-state index contributed by atoms with van der Waals surface area (Å²) in [6.45, 7) is 0. The van der Waals surface area contributed by atoms with Gasteiger partial charge >= 0.3 is 11.7 Å². The fourth-order valence-corrected chi connectivity index (χ4v) is 3.76. The predicted octanol–water partition coefficient (Wildman–Crippen LogP) is 2.64. The Morgan fingerprint density at radius 3 is 2.48 bits per heavy atom. The Morgan fingerprint density at radius 2 is 1.62 bits per heavy atom. The van der Waals surface area contributed by atoms with Gasteiger partial charge in [0.15, 0.2) is 6.10 Å². The number of rotatable bonds is 2. The van der Waals surface area contributed by atoms with E-state index in [4.69, 9.17) is 4.74 Å². The number of hydrogen-bond acceptors (Lipinski definition) is 5. The Kier molecular flexibility index (Phi) is 3.64. The van der Waals surface area contributed by atoms with Gasteiger partial charge in [0.1, 0.15) is 5.56 Å². The normalized spacial score (nSPS) is 15.3. The van der Waals surface area contributed by atoms with Crippen molar-refractivity contribution in [2.75, 3.05) is 0 Å². The number of fused-ring (bicyclic) bond motifs is 2. The van der Waals surface area contributed by atoms with E-state index in [-0.39, 0.29) is 5.56 Å². The molecule has 29 heavy (non-hydrogen) atoms. The molecule has 0 amide bonds. The molecule has 5 rings (SSSR count). The number of ether oxygens (including phenoxy) is 1. The van der Waals surface area contributed by atoms with E-state index in [1.54, 1.807) is 36.4 Å². The van der Waals surface area contributed by atoms with E-state index in [0.29, 0.717) is 22.2 Å². The molecule has 7 nitrogen and oxygen atoms in total. The van der Waals surface area contributed by atoms with Gasteiger partial charge in [0.2, 0.25) is 5.88 Å². The lowest BCUT2D eigenvalue weighted by molar-refractivity contribution is 0.0449. The third-order valence-electron chi connectivity index (χ3n) is 5.08. The summed E-state index contributed by atoms with van der Waals surface area (Å²) >= 11 is 0. The molecule has 0 spiro atoms. The van der Waals surface area contributed by atoms with Crippen molar-refractivity contribution in [2.24, 2.45) is 0 Å². The smallest absolute Gasteiger partial charge is 0.339 e. The Balaban J connectivity index is 1.80. The van der Waals surface area contributed by atoms with Crippen molar-refractivity contribution in [3.8, 4) is 11.6 Å². The highest BCUT2D eigenvalue weighted by molar-refractivity contribution is 5.94. The number of benzene rings is 3. The highest BCUT2D eigenvalue weighted by Crippen LogP contribution is 2.38. The first kappa shape index (κ1) is 17.0. The van der Waals surface area contributed by atoms with Crippen LogP contribution in [-0.4, -0.2) is 20.6 Å². The van der Waals surface area contributed by atoms with E-state index < -0.39 is 29.2 Å². The number of aromatic hydroxyl groups is 1. The number of esters is 1. The van der Waals surface area contributed by atoms with Crippen LogP contribution in [-0.2, 0) is 4.74 Å².